The fourth-order valence-corrected chi connectivity index (χ4v) is 5.63. The summed E-state index contributed by atoms with van der Waals surface area (Å²) in [6.45, 7) is 1.27. The van der Waals surface area contributed by atoms with Gasteiger partial charge in [-0.25, -0.2) is 8.42 Å². The van der Waals surface area contributed by atoms with Gasteiger partial charge in [0.1, 0.15) is 12.6 Å². The SMILES string of the molecule is CNC(=O)[C@H](C)N(Cc1cccc(Br)c1)C(=O)CN(c1ccc(Br)cc1)S(=O)(=O)c1ccccc1. The summed E-state index contributed by atoms with van der Waals surface area (Å²) in [7, 11) is -2.57. The van der Waals surface area contributed by atoms with Gasteiger partial charge in [0.15, 0.2) is 0 Å². The Morgan fingerprint density at radius 2 is 1.57 bits per heavy atom. The molecular formula is C25H25Br2N3O4S. The van der Waals surface area contributed by atoms with Gasteiger partial charge >= 0.3 is 0 Å². The average molecular weight is 623 g/mol. The number of halogens is 2. The van der Waals surface area contributed by atoms with Gasteiger partial charge in [0.2, 0.25) is 11.8 Å². The summed E-state index contributed by atoms with van der Waals surface area (Å²) in [6.07, 6.45) is 0. The molecular weight excluding hydrogens is 598 g/mol. The third-order valence-electron chi connectivity index (χ3n) is 5.38. The smallest absolute Gasteiger partial charge is 0.264 e. The van der Waals surface area contributed by atoms with E-state index >= 15 is 0 Å². The second-order valence-electron chi connectivity index (χ2n) is 7.74. The number of benzene rings is 3. The summed E-state index contributed by atoms with van der Waals surface area (Å²) in [6, 6.07) is 21.2. The molecule has 10 heteroatoms. The number of nitrogens with one attached hydrogen (secondary N) is 1. The van der Waals surface area contributed by atoms with Crippen molar-refractivity contribution in [1.82, 2.24) is 10.2 Å². The molecule has 1 N–H and O–H groups in total. The zero-order chi connectivity index (χ0) is 25.6. The Labute approximate surface area is 222 Å². The molecule has 0 radical (unpaired) electrons. The summed E-state index contributed by atoms with van der Waals surface area (Å²) < 4.78 is 29.9. The molecule has 0 aliphatic carbocycles. The van der Waals surface area contributed by atoms with Gasteiger partial charge in [0.05, 0.1) is 10.6 Å². The minimum Gasteiger partial charge on any atom is -0.357 e. The predicted octanol–water partition coefficient (Wildman–Crippen LogP) is 4.57. The van der Waals surface area contributed by atoms with Crippen LogP contribution in [0.2, 0.25) is 0 Å². The van der Waals surface area contributed by atoms with Crippen molar-refractivity contribution in [3.63, 3.8) is 0 Å². The molecule has 3 rings (SSSR count). The Balaban J connectivity index is 2.01. The van der Waals surface area contributed by atoms with Crippen LogP contribution in [0.25, 0.3) is 0 Å². The van der Waals surface area contributed by atoms with Crippen LogP contribution in [-0.4, -0.2) is 44.8 Å². The minimum atomic E-state index is -4.06. The van der Waals surface area contributed by atoms with Crippen LogP contribution >= 0.6 is 31.9 Å². The van der Waals surface area contributed by atoms with Crippen LogP contribution < -0.4 is 9.62 Å². The van der Waals surface area contributed by atoms with Gasteiger partial charge in [-0.05, 0) is 61.0 Å². The highest BCUT2D eigenvalue weighted by Gasteiger charge is 2.32. The first-order valence-electron chi connectivity index (χ1n) is 10.7. The van der Waals surface area contributed by atoms with E-state index in [1.165, 1.54) is 24.1 Å². The first-order chi connectivity index (χ1) is 16.6. The molecule has 3 aromatic rings. The van der Waals surface area contributed by atoms with E-state index in [0.29, 0.717) is 5.69 Å². The number of anilines is 1. The number of carbonyl (C=O) groups excluding carboxylic acids is 2. The second-order valence-corrected chi connectivity index (χ2v) is 11.4. The molecule has 35 heavy (non-hydrogen) atoms. The molecule has 3 aromatic carbocycles. The lowest BCUT2D eigenvalue weighted by atomic mass is 10.1. The number of likely N-dealkylation sites (N-methyl/N-ethyl adjacent to an activating group) is 1. The second kappa shape index (κ2) is 11.8. The summed E-state index contributed by atoms with van der Waals surface area (Å²) in [5.74, 6) is -0.863. The van der Waals surface area contributed by atoms with Gasteiger partial charge < -0.3 is 10.2 Å². The van der Waals surface area contributed by atoms with Crippen LogP contribution in [0.15, 0.2) is 92.7 Å². The number of rotatable bonds is 9. The predicted molar refractivity (Wildman–Crippen MR) is 143 cm³/mol. The number of carbonyl (C=O) groups is 2. The molecule has 0 spiro atoms. The molecule has 0 heterocycles. The van der Waals surface area contributed by atoms with Gasteiger partial charge in [-0.3, -0.25) is 13.9 Å². The molecule has 184 valence electrons. The summed E-state index contributed by atoms with van der Waals surface area (Å²) in [4.78, 5) is 27.6. The molecule has 0 bridgehead atoms. The molecule has 7 nitrogen and oxygen atoms in total. The number of amides is 2. The van der Waals surface area contributed by atoms with E-state index in [0.717, 1.165) is 18.8 Å². The van der Waals surface area contributed by atoms with Gasteiger partial charge in [-0.2, -0.15) is 0 Å². The fraction of sp³-hybridized carbons (Fsp3) is 0.200. The third-order valence-corrected chi connectivity index (χ3v) is 8.19. The number of sulfonamides is 1. The topological polar surface area (TPSA) is 86.8 Å². The van der Waals surface area contributed by atoms with Crippen molar-refractivity contribution in [3.05, 3.63) is 93.4 Å². The molecule has 0 aliphatic heterocycles. The molecule has 0 unspecified atom stereocenters. The van der Waals surface area contributed by atoms with Crippen LogP contribution in [0.3, 0.4) is 0 Å². The molecule has 0 saturated heterocycles. The Morgan fingerprint density at radius 3 is 2.17 bits per heavy atom. The molecule has 2 amide bonds. The van der Waals surface area contributed by atoms with Crippen LogP contribution in [-0.2, 0) is 26.2 Å². The maximum Gasteiger partial charge on any atom is 0.264 e. The summed E-state index contributed by atoms with van der Waals surface area (Å²) in [5, 5.41) is 2.57. The quantitative estimate of drug-likeness (QED) is 0.379. The number of hydrogen-bond acceptors (Lipinski definition) is 4. The highest BCUT2D eigenvalue weighted by molar-refractivity contribution is 9.10. The van der Waals surface area contributed by atoms with Crippen LogP contribution in [0.1, 0.15) is 12.5 Å². The molecule has 1 atom stereocenters. The lowest BCUT2D eigenvalue weighted by Gasteiger charge is -2.31. The largest absolute Gasteiger partial charge is 0.357 e. The van der Waals surface area contributed by atoms with E-state index in [-0.39, 0.29) is 17.3 Å². The Hall–Kier alpha value is -2.69. The van der Waals surface area contributed by atoms with Crippen LogP contribution in [0, 0.1) is 0 Å². The lowest BCUT2D eigenvalue weighted by molar-refractivity contribution is -0.139. The van der Waals surface area contributed by atoms with Crippen molar-refractivity contribution in [2.45, 2.75) is 24.4 Å². The van der Waals surface area contributed by atoms with Crippen molar-refractivity contribution < 1.29 is 18.0 Å². The van der Waals surface area contributed by atoms with Gasteiger partial charge in [0.25, 0.3) is 10.0 Å². The summed E-state index contributed by atoms with van der Waals surface area (Å²) >= 11 is 6.78. The van der Waals surface area contributed by atoms with Crippen molar-refractivity contribution in [3.8, 4) is 0 Å². The molecule has 0 aromatic heterocycles. The Kier molecular flexibility index (Phi) is 9.09. The highest BCUT2D eigenvalue weighted by Crippen LogP contribution is 2.26. The fourth-order valence-electron chi connectivity index (χ4n) is 3.48. The van der Waals surface area contributed by atoms with E-state index in [1.807, 2.05) is 24.3 Å². The normalized spacial score (nSPS) is 12.0. The van der Waals surface area contributed by atoms with Gasteiger partial charge in [-0.1, -0.05) is 62.2 Å². The van der Waals surface area contributed by atoms with E-state index in [9.17, 15) is 18.0 Å². The maximum absolute atomic E-state index is 13.6. The maximum atomic E-state index is 13.6. The molecule has 0 saturated carbocycles. The molecule has 0 fully saturated rings. The van der Waals surface area contributed by atoms with Gasteiger partial charge in [-0.15, -0.1) is 0 Å². The molecule has 0 aliphatic rings. The van der Waals surface area contributed by atoms with Crippen molar-refractivity contribution in [2.75, 3.05) is 17.9 Å². The Morgan fingerprint density at radius 1 is 0.914 bits per heavy atom. The highest BCUT2D eigenvalue weighted by atomic mass is 79.9. The first-order valence-corrected chi connectivity index (χ1v) is 13.7. The number of nitrogens with zero attached hydrogens (tertiary/aromatic N) is 2. The summed E-state index contributed by atoms with van der Waals surface area (Å²) in [5.41, 5.74) is 1.13. The van der Waals surface area contributed by atoms with E-state index in [1.54, 1.807) is 49.4 Å². The monoisotopic (exact) mass is 621 g/mol. The van der Waals surface area contributed by atoms with Crippen molar-refractivity contribution in [2.24, 2.45) is 0 Å². The average Bonchev–Trinajstić information content (AvgIpc) is 2.86. The zero-order valence-corrected chi connectivity index (χ0v) is 23.2. The van der Waals surface area contributed by atoms with E-state index in [4.69, 9.17) is 0 Å². The van der Waals surface area contributed by atoms with Crippen LogP contribution in [0.4, 0.5) is 5.69 Å². The van der Waals surface area contributed by atoms with Crippen LogP contribution in [0.5, 0.6) is 0 Å². The third kappa shape index (κ3) is 6.71. The number of hydrogen-bond donors (Lipinski definition) is 1. The van der Waals surface area contributed by atoms with E-state index in [2.05, 4.69) is 37.2 Å². The minimum absolute atomic E-state index is 0.0635. The standard InChI is InChI=1S/C25H25Br2N3O4S/c1-18(25(32)28-2)29(16-19-7-6-8-21(27)15-19)24(31)17-30(22-13-11-20(26)12-14-22)35(33,34)23-9-4-3-5-10-23/h3-15,18H,16-17H2,1-2H3,(H,28,32)/t18-/m0/s1. The lowest BCUT2D eigenvalue weighted by Crippen LogP contribution is -2.50. The Bertz CT molecular complexity index is 1290. The van der Waals surface area contributed by atoms with Gasteiger partial charge in [0, 0.05) is 22.5 Å². The first kappa shape index (κ1) is 26.9. The van der Waals surface area contributed by atoms with Crippen molar-refractivity contribution >= 4 is 59.4 Å². The van der Waals surface area contributed by atoms with E-state index < -0.39 is 28.5 Å². The van der Waals surface area contributed by atoms with Crippen molar-refractivity contribution in [1.29, 1.82) is 0 Å². The zero-order valence-electron chi connectivity index (χ0n) is 19.2.